The highest BCUT2D eigenvalue weighted by atomic mass is 32.2. The van der Waals surface area contributed by atoms with Gasteiger partial charge < -0.3 is 4.74 Å². The lowest BCUT2D eigenvalue weighted by Crippen LogP contribution is -2.39. The molecular formula is C23H21N3O3S2. The van der Waals surface area contributed by atoms with Crippen molar-refractivity contribution in [1.82, 2.24) is 9.55 Å². The number of hydrogen-bond donors (Lipinski definition) is 0. The molecule has 1 aliphatic rings. The smallest absolute Gasteiger partial charge is 0.338 e. The number of rotatable bonds is 5. The van der Waals surface area contributed by atoms with Gasteiger partial charge in [0.15, 0.2) is 4.80 Å². The van der Waals surface area contributed by atoms with Gasteiger partial charge in [-0.25, -0.2) is 9.79 Å². The monoisotopic (exact) mass is 451 g/mol. The van der Waals surface area contributed by atoms with Gasteiger partial charge in [0.1, 0.15) is 0 Å². The molecule has 0 amide bonds. The van der Waals surface area contributed by atoms with Crippen molar-refractivity contribution in [2.24, 2.45) is 4.99 Å². The van der Waals surface area contributed by atoms with Crippen molar-refractivity contribution >= 4 is 35.1 Å². The normalized spacial score (nSPS) is 16.1. The summed E-state index contributed by atoms with van der Waals surface area (Å²) >= 11 is 2.95. The second-order valence-electron chi connectivity index (χ2n) is 6.86. The first-order chi connectivity index (χ1) is 15.0. The number of thiazole rings is 1. The Labute approximate surface area is 187 Å². The van der Waals surface area contributed by atoms with Crippen LogP contribution >= 0.6 is 23.1 Å². The molecule has 8 heteroatoms. The summed E-state index contributed by atoms with van der Waals surface area (Å²) in [5.74, 6) is -0.453. The highest BCUT2D eigenvalue weighted by Crippen LogP contribution is 2.31. The molecule has 31 heavy (non-hydrogen) atoms. The highest BCUT2D eigenvalue weighted by Gasteiger charge is 2.33. The Morgan fingerprint density at radius 3 is 2.58 bits per heavy atom. The molecule has 0 spiro atoms. The third-order valence-corrected chi connectivity index (χ3v) is 6.68. The molecule has 0 bridgehead atoms. The maximum Gasteiger partial charge on any atom is 0.338 e. The molecule has 0 radical (unpaired) electrons. The number of nitrogens with zero attached hydrogens (tertiary/aromatic N) is 3. The maximum absolute atomic E-state index is 13.4. The second kappa shape index (κ2) is 9.03. The summed E-state index contributed by atoms with van der Waals surface area (Å²) in [4.78, 5) is 36.6. The van der Waals surface area contributed by atoms with E-state index >= 15 is 0 Å². The fraction of sp³-hybridized carbons (Fsp3) is 0.217. The van der Waals surface area contributed by atoms with Gasteiger partial charge in [-0.2, -0.15) is 0 Å². The molecular weight excluding hydrogens is 430 g/mol. The standard InChI is InChI=1S/C23H21N3O3S2/c1-4-29-22(28)19-14(2)25-23-26(20(19)16-5-7-17(30-3)8-6-16)21(27)18(31-23)13-15-9-11-24-12-10-15/h5-13,20H,4H2,1-3H3/b18-13-/t20-/m0/s1. The van der Waals surface area contributed by atoms with Gasteiger partial charge in [-0.15, -0.1) is 11.8 Å². The van der Waals surface area contributed by atoms with E-state index in [0.29, 0.717) is 20.6 Å². The number of carbonyl (C=O) groups excluding carboxylic acids is 1. The fourth-order valence-corrected chi connectivity index (χ4v) is 4.96. The van der Waals surface area contributed by atoms with Crippen LogP contribution in [0.5, 0.6) is 0 Å². The Kier molecular flexibility index (Phi) is 6.20. The molecule has 1 aromatic carbocycles. The quantitative estimate of drug-likeness (QED) is 0.441. The van der Waals surface area contributed by atoms with Crippen LogP contribution in [0.3, 0.4) is 0 Å². The third kappa shape index (κ3) is 4.13. The van der Waals surface area contributed by atoms with Crippen molar-refractivity contribution in [3.8, 4) is 0 Å². The van der Waals surface area contributed by atoms with Crippen LogP contribution in [0.25, 0.3) is 6.08 Å². The number of thioether (sulfide) groups is 1. The van der Waals surface area contributed by atoms with Gasteiger partial charge in [-0.05, 0) is 61.6 Å². The molecule has 0 unspecified atom stereocenters. The Hall–Kier alpha value is -2.97. The van der Waals surface area contributed by atoms with Crippen molar-refractivity contribution < 1.29 is 9.53 Å². The molecule has 0 fully saturated rings. The van der Waals surface area contributed by atoms with Crippen molar-refractivity contribution in [3.05, 3.63) is 90.9 Å². The lowest BCUT2D eigenvalue weighted by Gasteiger charge is -2.24. The zero-order valence-corrected chi connectivity index (χ0v) is 19.0. The zero-order valence-electron chi connectivity index (χ0n) is 17.4. The molecule has 3 heterocycles. The van der Waals surface area contributed by atoms with Gasteiger partial charge in [-0.1, -0.05) is 23.5 Å². The van der Waals surface area contributed by atoms with E-state index in [1.807, 2.05) is 48.7 Å². The van der Waals surface area contributed by atoms with Crippen LogP contribution in [-0.2, 0) is 9.53 Å². The summed E-state index contributed by atoms with van der Waals surface area (Å²) in [6, 6.07) is 11.0. The minimum absolute atomic E-state index is 0.186. The number of pyridine rings is 1. The summed E-state index contributed by atoms with van der Waals surface area (Å²) in [7, 11) is 0. The molecule has 158 valence electrons. The minimum atomic E-state index is -0.592. The summed E-state index contributed by atoms with van der Waals surface area (Å²) < 4.78 is 7.47. The molecule has 1 atom stereocenters. The first kappa shape index (κ1) is 21.3. The number of allylic oxidation sites excluding steroid dienone is 1. The number of fused-ring (bicyclic) bond motifs is 1. The fourth-order valence-electron chi connectivity index (χ4n) is 3.50. The lowest BCUT2D eigenvalue weighted by molar-refractivity contribution is -0.139. The van der Waals surface area contributed by atoms with E-state index in [9.17, 15) is 9.59 Å². The van der Waals surface area contributed by atoms with Crippen molar-refractivity contribution in [2.45, 2.75) is 24.8 Å². The number of benzene rings is 1. The van der Waals surface area contributed by atoms with Crippen LogP contribution in [0, 0.1) is 0 Å². The maximum atomic E-state index is 13.4. The summed E-state index contributed by atoms with van der Waals surface area (Å²) in [6.45, 7) is 3.80. The average molecular weight is 452 g/mol. The van der Waals surface area contributed by atoms with E-state index in [4.69, 9.17) is 4.74 Å². The van der Waals surface area contributed by atoms with Gasteiger partial charge in [0.05, 0.1) is 28.5 Å². The first-order valence-electron chi connectivity index (χ1n) is 9.77. The van der Waals surface area contributed by atoms with Crippen LogP contribution in [0.1, 0.15) is 31.0 Å². The second-order valence-corrected chi connectivity index (χ2v) is 8.74. The van der Waals surface area contributed by atoms with Crippen LogP contribution in [0.15, 0.2) is 74.7 Å². The average Bonchev–Trinajstić information content (AvgIpc) is 3.08. The van der Waals surface area contributed by atoms with E-state index in [2.05, 4.69) is 9.98 Å². The van der Waals surface area contributed by atoms with Crippen molar-refractivity contribution in [3.63, 3.8) is 0 Å². The van der Waals surface area contributed by atoms with Crippen molar-refractivity contribution in [1.29, 1.82) is 0 Å². The molecule has 0 aliphatic carbocycles. The van der Waals surface area contributed by atoms with Gasteiger partial charge in [0.2, 0.25) is 0 Å². The summed E-state index contributed by atoms with van der Waals surface area (Å²) in [6.07, 6.45) is 7.19. The Morgan fingerprint density at radius 1 is 1.23 bits per heavy atom. The molecule has 0 saturated heterocycles. The van der Waals surface area contributed by atoms with E-state index in [1.165, 1.54) is 11.3 Å². The first-order valence-corrected chi connectivity index (χ1v) is 11.8. The minimum Gasteiger partial charge on any atom is -0.463 e. The number of carbonyl (C=O) groups is 1. The van der Waals surface area contributed by atoms with Gasteiger partial charge in [0.25, 0.3) is 5.56 Å². The largest absolute Gasteiger partial charge is 0.463 e. The summed E-state index contributed by atoms with van der Waals surface area (Å²) in [5, 5.41) is 0. The predicted octanol–water partition coefficient (Wildman–Crippen LogP) is 2.92. The molecule has 6 nitrogen and oxygen atoms in total. The van der Waals surface area contributed by atoms with Gasteiger partial charge >= 0.3 is 5.97 Å². The number of hydrogen-bond acceptors (Lipinski definition) is 7. The van der Waals surface area contributed by atoms with Gasteiger partial charge in [-0.3, -0.25) is 14.3 Å². The van der Waals surface area contributed by atoms with Crippen LogP contribution < -0.4 is 14.9 Å². The molecule has 3 aromatic rings. The van der Waals surface area contributed by atoms with E-state index in [-0.39, 0.29) is 12.2 Å². The molecule has 1 aliphatic heterocycles. The summed E-state index contributed by atoms with van der Waals surface area (Å²) in [5.41, 5.74) is 2.48. The van der Waals surface area contributed by atoms with Crippen LogP contribution in [-0.4, -0.2) is 28.4 Å². The predicted molar refractivity (Wildman–Crippen MR) is 123 cm³/mol. The SMILES string of the molecule is CCOC(=O)C1=C(C)N=c2s/c(=C\c3ccncc3)c(=O)n2[C@H]1c1ccc(SC)cc1. The number of ether oxygens (including phenoxy) is 1. The van der Waals surface area contributed by atoms with Crippen LogP contribution in [0.2, 0.25) is 0 Å². The Balaban J connectivity index is 1.95. The number of esters is 1. The van der Waals surface area contributed by atoms with E-state index in [0.717, 1.165) is 16.0 Å². The highest BCUT2D eigenvalue weighted by molar-refractivity contribution is 7.98. The topological polar surface area (TPSA) is 73.6 Å². The zero-order chi connectivity index (χ0) is 22.0. The number of aromatic nitrogens is 2. The lowest BCUT2D eigenvalue weighted by atomic mass is 9.96. The molecule has 4 rings (SSSR count). The third-order valence-electron chi connectivity index (χ3n) is 4.95. The van der Waals surface area contributed by atoms with E-state index < -0.39 is 12.0 Å². The molecule has 0 saturated carbocycles. The van der Waals surface area contributed by atoms with E-state index in [1.54, 1.807) is 42.6 Å². The molecule has 2 aromatic heterocycles. The van der Waals surface area contributed by atoms with Gasteiger partial charge in [0, 0.05) is 17.3 Å². The van der Waals surface area contributed by atoms with Crippen LogP contribution in [0.4, 0.5) is 0 Å². The molecule has 0 N–H and O–H groups in total. The Morgan fingerprint density at radius 2 is 1.94 bits per heavy atom. The Bertz CT molecular complexity index is 1320. The van der Waals surface area contributed by atoms with Crippen molar-refractivity contribution in [2.75, 3.05) is 12.9 Å².